The molecule has 146 valence electrons. The summed E-state index contributed by atoms with van der Waals surface area (Å²) in [5.41, 5.74) is 1.69. The van der Waals surface area contributed by atoms with Gasteiger partial charge < -0.3 is 9.64 Å². The number of hydrogen-bond donors (Lipinski definition) is 0. The average Bonchev–Trinajstić information content (AvgIpc) is 2.74. The lowest BCUT2D eigenvalue weighted by molar-refractivity contribution is -0.126. The highest BCUT2D eigenvalue weighted by molar-refractivity contribution is 5.97. The first kappa shape index (κ1) is 20.0. The zero-order chi connectivity index (χ0) is 19.9. The zero-order valence-corrected chi connectivity index (χ0v) is 15.9. The first-order valence-corrected chi connectivity index (χ1v) is 9.44. The molecule has 2 aromatic carbocycles. The number of para-hydroxylation sites is 1. The van der Waals surface area contributed by atoms with Crippen molar-refractivity contribution in [3.63, 3.8) is 0 Å². The van der Waals surface area contributed by atoms with Crippen LogP contribution in [-0.2, 0) is 9.53 Å². The maximum Gasteiger partial charge on any atom is 0.244 e. The Hall–Kier alpha value is -2.75. The average molecular weight is 381 g/mol. The summed E-state index contributed by atoms with van der Waals surface area (Å²) in [7, 11) is 0. The van der Waals surface area contributed by atoms with Gasteiger partial charge in [0.2, 0.25) is 5.91 Å². The van der Waals surface area contributed by atoms with Crippen LogP contribution >= 0.6 is 0 Å². The van der Waals surface area contributed by atoms with E-state index in [2.05, 4.69) is 11.0 Å². The van der Waals surface area contributed by atoms with Crippen molar-refractivity contribution < 1.29 is 13.9 Å². The van der Waals surface area contributed by atoms with E-state index in [9.17, 15) is 9.18 Å². The topological polar surface area (TPSA) is 56.6 Å². The zero-order valence-electron chi connectivity index (χ0n) is 15.9. The van der Waals surface area contributed by atoms with Crippen LogP contribution in [-0.4, -0.2) is 43.1 Å². The molecule has 5 nitrogen and oxygen atoms in total. The van der Waals surface area contributed by atoms with E-state index in [1.807, 2.05) is 37.3 Å². The Morgan fingerprint density at radius 1 is 1.29 bits per heavy atom. The number of ether oxygens (including phenoxy) is 1. The van der Waals surface area contributed by atoms with Crippen LogP contribution in [0.5, 0.6) is 0 Å². The number of nitrogens with zero attached hydrogens (tertiary/aromatic N) is 3. The van der Waals surface area contributed by atoms with Crippen LogP contribution in [0.25, 0.3) is 0 Å². The van der Waals surface area contributed by atoms with Crippen molar-refractivity contribution in [2.45, 2.75) is 25.5 Å². The summed E-state index contributed by atoms with van der Waals surface area (Å²) in [4.78, 5) is 17.0. The third-order valence-electron chi connectivity index (χ3n) is 5.03. The Labute approximate surface area is 164 Å². The fourth-order valence-electron chi connectivity index (χ4n) is 3.42. The fourth-order valence-corrected chi connectivity index (χ4v) is 3.42. The molecule has 0 N–H and O–H groups in total. The fraction of sp³-hybridized carbons (Fsp3) is 0.364. The quantitative estimate of drug-likeness (QED) is 0.768. The maximum absolute atomic E-state index is 13.2. The molecule has 0 radical (unpaired) electrons. The third kappa shape index (κ3) is 4.75. The molecular formula is C22H24FN3O2. The van der Waals surface area contributed by atoms with Crippen molar-refractivity contribution in [2.75, 3.05) is 31.1 Å². The SMILES string of the molecule is CC(C(=O)N(CCC#N)c1ccccc1)N1CCOC(c2ccc(F)cc2)C1. The molecule has 0 spiro atoms. The van der Waals surface area contributed by atoms with E-state index >= 15 is 0 Å². The minimum absolute atomic E-state index is 0.0405. The van der Waals surface area contributed by atoms with Crippen molar-refractivity contribution >= 4 is 11.6 Å². The van der Waals surface area contributed by atoms with E-state index in [-0.39, 0.29) is 30.3 Å². The number of carbonyl (C=O) groups is 1. The number of carbonyl (C=O) groups excluding carboxylic acids is 1. The second-order valence-corrected chi connectivity index (χ2v) is 6.82. The summed E-state index contributed by atoms with van der Waals surface area (Å²) in [6, 6.07) is 17.5. The predicted molar refractivity (Wildman–Crippen MR) is 105 cm³/mol. The molecule has 1 aliphatic rings. The molecule has 2 atom stereocenters. The van der Waals surface area contributed by atoms with Gasteiger partial charge in [-0.1, -0.05) is 30.3 Å². The van der Waals surface area contributed by atoms with Crippen molar-refractivity contribution in [3.05, 3.63) is 66.0 Å². The van der Waals surface area contributed by atoms with Crippen LogP contribution in [0.4, 0.5) is 10.1 Å². The lowest BCUT2D eigenvalue weighted by atomic mass is 10.1. The third-order valence-corrected chi connectivity index (χ3v) is 5.03. The summed E-state index contributed by atoms with van der Waals surface area (Å²) in [6.07, 6.45) is 0.0724. The van der Waals surface area contributed by atoms with Gasteiger partial charge in [0.1, 0.15) is 5.82 Å². The summed E-state index contributed by atoms with van der Waals surface area (Å²) < 4.78 is 19.0. The van der Waals surface area contributed by atoms with Gasteiger partial charge in [-0.15, -0.1) is 0 Å². The van der Waals surface area contributed by atoms with Crippen molar-refractivity contribution in [3.8, 4) is 6.07 Å². The summed E-state index contributed by atoms with van der Waals surface area (Å²) in [6.45, 7) is 3.95. The number of hydrogen-bond acceptors (Lipinski definition) is 4. The summed E-state index contributed by atoms with van der Waals surface area (Å²) >= 11 is 0. The smallest absolute Gasteiger partial charge is 0.244 e. The number of benzene rings is 2. The molecule has 1 fully saturated rings. The minimum atomic E-state index is -0.356. The minimum Gasteiger partial charge on any atom is -0.371 e. The number of morpholine rings is 1. The van der Waals surface area contributed by atoms with Crippen LogP contribution in [0.1, 0.15) is 25.0 Å². The summed E-state index contributed by atoms with van der Waals surface area (Å²) in [5.74, 6) is -0.322. The second-order valence-electron chi connectivity index (χ2n) is 6.82. The van der Waals surface area contributed by atoms with E-state index < -0.39 is 0 Å². The number of rotatable bonds is 6. The maximum atomic E-state index is 13.2. The predicted octanol–water partition coefficient (Wildman–Crippen LogP) is 3.53. The Bertz CT molecular complexity index is 820. The lowest BCUT2D eigenvalue weighted by Crippen LogP contribution is -2.51. The first-order chi connectivity index (χ1) is 13.6. The van der Waals surface area contributed by atoms with E-state index in [1.165, 1.54) is 12.1 Å². The van der Waals surface area contributed by atoms with Crippen LogP contribution < -0.4 is 4.90 Å². The van der Waals surface area contributed by atoms with Gasteiger partial charge in [-0.05, 0) is 36.8 Å². The molecule has 6 heteroatoms. The van der Waals surface area contributed by atoms with Crippen molar-refractivity contribution in [2.24, 2.45) is 0 Å². The van der Waals surface area contributed by atoms with Gasteiger partial charge in [-0.2, -0.15) is 5.26 Å². The number of anilines is 1. The molecule has 0 aromatic heterocycles. The molecule has 28 heavy (non-hydrogen) atoms. The Kier molecular flexibility index (Phi) is 6.75. The number of nitriles is 1. The molecule has 2 aromatic rings. The Morgan fingerprint density at radius 3 is 2.68 bits per heavy atom. The highest BCUT2D eigenvalue weighted by Crippen LogP contribution is 2.25. The van der Waals surface area contributed by atoms with E-state index in [1.54, 1.807) is 17.0 Å². The first-order valence-electron chi connectivity index (χ1n) is 9.44. The van der Waals surface area contributed by atoms with Gasteiger partial charge in [-0.25, -0.2) is 4.39 Å². The summed E-state index contributed by atoms with van der Waals surface area (Å²) in [5, 5.41) is 8.97. The van der Waals surface area contributed by atoms with Crippen LogP contribution in [0, 0.1) is 17.1 Å². The van der Waals surface area contributed by atoms with Gasteiger partial charge >= 0.3 is 0 Å². The monoisotopic (exact) mass is 381 g/mol. The van der Waals surface area contributed by atoms with Gasteiger partial charge in [0, 0.05) is 25.3 Å². The largest absolute Gasteiger partial charge is 0.371 e. The standard InChI is InChI=1S/C22H24FN3O2/c1-17(22(27)26(13-5-12-24)20-6-3-2-4-7-20)25-14-15-28-21(16-25)18-8-10-19(23)11-9-18/h2-4,6-11,17,21H,5,13-16H2,1H3. The van der Waals surface area contributed by atoms with Crippen LogP contribution in [0.3, 0.4) is 0 Å². The van der Waals surface area contributed by atoms with Gasteiger partial charge in [0.15, 0.2) is 0 Å². The van der Waals surface area contributed by atoms with Crippen molar-refractivity contribution in [1.29, 1.82) is 5.26 Å². The van der Waals surface area contributed by atoms with E-state index in [0.29, 0.717) is 26.2 Å². The van der Waals surface area contributed by atoms with Gasteiger partial charge in [0.25, 0.3) is 0 Å². The van der Waals surface area contributed by atoms with Crippen LogP contribution in [0.2, 0.25) is 0 Å². The highest BCUT2D eigenvalue weighted by Gasteiger charge is 2.31. The molecule has 0 bridgehead atoms. The van der Waals surface area contributed by atoms with Crippen LogP contribution in [0.15, 0.2) is 54.6 Å². The second kappa shape index (κ2) is 9.45. The number of amides is 1. The molecule has 0 aliphatic carbocycles. The van der Waals surface area contributed by atoms with Crippen molar-refractivity contribution in [1.82, 2.24) is 4.90 Å². The molecule has 1 amide bonds. The molecule has 3 rings (SSSR count). The van der Waals surface area contributed by atoms with E-state index in [0.717, 1.165) is 11.3 Å². The lowest BCUT2D eigenvalue weighted by Gasteiger charge is -2.38. The Morgan fingerprint density at radius 2 is 2.00 bits per heavy atom. The van der Waals surface area contributed by atoms with Gasteiger partial charge in [0.05, 0.1) is 31.2 Å². The molecule has 0 saturated carbocycles. The van der Waals surface area contributed by atoms with E-state index in [4.69, 9.17) is 10.00 Å². The number of halogens is 1. The van der Waals surface area contributed by atoms with Gasteiger partial charge in [-0.3, -0.25) is 9.69 Å². The molecule has 1 saturated heterocycles. The molecular weight excluding hydrogens is 357 g/mol. The molecule has 2 unspecified atom stereocenters. The molecule has 1 heterocycles. The normalized spacial score (nSPS) is 18.2. The molecule has 1 aliphatic heterocycles. The Balaban J connectivity index is 1.73. The highest BCUT2D eigenvalue weighted by atomic mass is 19.1.